The minimum absolute atomic E-state index is 0.123. The molecule has 2 atom stereocenters. The zero-order chi connectivity index (χ0) is 9.40. The van der Waals surface area contributed by atoms with Crippen LogP contribution in [0.25, 0.3) is 0 Å². The standard InChI is InChI=1S/C9H18NO2/c1-3-9(7-8(2)11)12-6-4-5-10/h8-11H,3-4,6-7H2,1-2H3/q+1. The van der Waals surface area contributed by atoms with Gasteiger partial charge >= 0.3 is 6.21 Å². The van der Waals surface area contributed by atoms with Crippen molar-refractivity contribution >= 4 is 6.21 Å². The summed E-state index contributed by atoms with van der Waals surface area (Å²) in [6, 6.07) is 0. The van der Waals surface area contributed by atoms with Crippen LogP contribution in [-0.4, -0.2) is 30.1 Å². The number of rotatable bonds is 7. The molecule has 0 spiro atoms. The van der Waals surface area contributed by atoms with Crippen molar-refractivity contribution in [3.05, 3.63) is 0 Å². The van der Waals surface area contributed by atoms with E-state index < -0.39 is 0 Å². The Kier molecular flexibility index (Phi) is 6.87. The van der Waals surface area contributed by atoms with Crippen molar-refractivity contribution in [3.8, 4) is 0 Å². The number of aliphatic hydroxyl groups is 1. The third kappa shape index (κ3) is 6.23. The van der Waals surface area contributed by atoms with Crippen LogP contribution in [0.15, 0.2) is 0 Å². The molecule has 3 heteroatoms. The molecule has 0 bridgehead atoms. The molecule has 0 heterocycles. The maximum Gasteiger partial charge on any atom is 0.356 e. The molecule has 0 aromatic carbocycles. The summed E-state index contributed by atoms with van der Waals surface area (Å²) in [5.41, 5.74) is 0. The monoisotopic (exact) mass is 172 g/mol. The zero-order valence-corrected chi connectivity index (χ0v) is 7.84. The minimum atomic E-state index is -0.307. The number of nitrogens with one attached hydrogen (secondary N) is 1. The second-order valence-corrected chi connectivity index (χ2v) is 2.91. The molecule has 2 unspecified atom stereocenters. The third-order valence-electron chi connectivity index (χ3n) is 1.64. The Morgan fingerprint density at radius 2 is 2.25 bits per heavy atom. The number of aliphatic hydroxyl groups excluding tert-OH is 1. The lowest BCUT2D eigenvalue weighted by molar-refractivity contribution is 0.0198. The van der Waals surface area contributed by atoms with E-state index in [1.54, 1.807) is 6.92 Å². The Morgan fingerprint density at radius 1 is 1.58 bits per heavy atom. The first-order chi connectivity index (χ1) is 5.70. The summed E-state index contributed by atoms with van der Waals surface area (Å²) in [5.74, 6) is 0. The van der Waals surface area contributed by atoms with E-state index in [-0.39, 0.29) is 12.2 Å². The Hall–Kier alpha value is -0.500. The highest BCUT2D eigenvalue weighted by Gasteiger charge is 2.10. The molecule has 0 aromatic rings. The third-order valence-corrected chi connectivity index (χ3v) is 1.64. The summed E-state index contributed by atoms with van der Waals surface area (Å²) in [6.07, 6.45) is 4.20. The molecule has 12 heavy (non-hydrogen) atoms. The smallest absolute Gasteiger partial charge is 0.356 e. The summed E-state index contributed by atoms with van der Waals surface area (Å²) in [7, 11) is 0. The molecule has 0 aromatic heterocycles. The van der Waals surface area contributed by atoms with Gasteiger partial charge in [0.15, 0.2) is 0 Å². The van der Waals surface area contributed by atoms with Gasteiger partial charge in [-0.05, 0) is 19.8 Å². The molecule has 0 rings (SSSR count). The van der Waals surface area contributed by atoms with Gasteiger partial charge in [-0.3, -0.25) is 0 Å². The predicted octanol–water partition coefficient (Wildman–Crippen LogP) is 1.47. The van der Waals surface area contributed by atoms with Crippen LogP contribution in [0.5, 0.6) is 0 Å². The average Bonchev–Trinajstić information content (AvgIpc) is 2.02. The van der Waals surface area contributed by atoms with Crippen molar-refractivity contribution in [3.63, 3.8) is 0 Å². The maximum absolute atomic E-state index is 9.08. The molecule has 0 amide bonds. The fourth-order valence-electron chi connectivity index (χ4n) is 1.01. The first-order valence-electron chi connectivity index (χ1n) is 4.40. The molecular weight excluding hydrogens is 154 g/mol. The van der Waals surface area contributed by atoms with E-state index in [1.165, 1.54) is 0 Å². The van der Waals surface area contributed by atoms with Crippen LogP contribution in [0.1, 0.15) is 33.1 Å². The average molecular weight is 172 g/mol. The molecule has 70 valence electrons. The number of hydrogen-bond donors (Lipinski definition) is 2. The van der Waals surface area contributed by atoms with Gasteiger partial charge < -0.3 is 9.84 Å². The summed E-state index contributed by atoms with van der Waals surface area (Å²) in [5, 5.41) is 15.7. The number of hydrogen-bond acceptors (Lipinski definition) is 3. The van der Waals surface area contributed by atoms with Crippen LogP contribution in [0.3, 0.4) is 0 Å². The second kappa shape index (κ2) is 7.17. The van der Waals surface area contributed by atoms with E-state index in [2.05, 4.69) is 6.21 Å². The van der Waals surface area contributed by atoms with Gasteiger partial charge in [0.25, 0.3) is 0 Å². The van der Waals surface area contributed by atoms with Crippen molar-refractivity contribution in [1.82, 2.24) is 0 Å². The summed E-state index contributed by atoms with van der Waals surface area (Å²) in [4.78, 5) is 0. The van der Waals surface area contributed by atoms with Gasteiger partial charge in [0, 0.05) is 0 Å². The zero-order valence-electron chi connectivity index (χ0n) is 7.84. The van der Waals surface area contributed by atoms with Crippen LogP contribution >= 0.6 is 0 Å². The molecular formula is C9H18NO2+. The van der Waals surface area contributed by atoms with Gasteiger partial charge in [-0.25, -0.2) is 0 Å². The summed E-state index contributed by atoms with van der Waals surface area (Å²) in [6.45, 7) is 4.32. The van der Waals surface area contributed by atoms with Gasteiger partial charge in [0.05, 0.1) is 18.8 Å². The molecule has 0 radical (unpaired) electrons. The predicted molar refractivity (Wildman–Crippen MR) is 48.7 cm³/mol. The van der Waals surface area contributed by atoms with Crippen molar-refractivity contribution in [2.45, 2.75) is 45.3 Å². The first-order valence-corrected chi connectivity index (χ1v) is 4.40. The Morgan fingerprint density at radius 3 is 2.67 bits per heavy atom. The van der Waals surface area contributed by atoms with Crippen molar-refractivity contribution in [2.75, 3.05) is 6.61 Å². The van der Waals surface area contributed by atoms with Gasteiger partial charge in [0.2, 0.25) is 6.42 Å². The van der Waals surface area contributed by atoms with Crippen molar-refractivity contribution < 1.29 is 9.84 Å². The largest absolute Gasteiger partial charge is 0.393 e. The quantitative estimate of drug-likeness (QED) is 0.347. The van der Waals surface area contributed by atoms with E-state index in [9.17, 15) is 0 Å². The van der Waals surface area contributed by atoms with Crippen LogP contribution < -0.4 is 0 Å². The topological polar surface area (TPSA) is 53.3 Å². The molecule has 3 nitrogen and oxygen atoms in total. The van der Waals surface area contributed by atoms with E-state index in [0.717, 1.165) is 6.42 Å². The van der Waals surface area contributed by atoms with E-state index in [4.69, 9.17) is 15.3 Å². The number of ether oxygens (including phenoxy) is 1. The lowest BCUT2D eigenvalue weighted by atomic mass is 10.1. The molecule has 0 fully saturated rings. The van der Waals surface area contributed by atoms with Crippen molar-refractivity contribution in [1.29, 1.82) is 5.41 Å². The van der Waals surface area contributed by atoms with Gasteiger partial charge in [-0.1, -0.05) is 12.3 Å². The summed E-state index contributed by atoms with van der Waals surface area (Å²) >= 11 is 0. The van der Waals surface area contributed by atoms with Crippen molar-refractivity contribution in [2.24, 2.45) is 0 Å². The van der Waals surface area contributed by atoms with Crippen LogP contribution in [0, 0.1) is 5.41 Å². The van der Waals surface area contributed by atoms with Gasteiger partial charge in [-0.2, -0.15) is 0 Å². The lowest BCUT2D eigenvalue weighted by Crippen LogP contribution is -2.18. The van der Waals surface area contributed by atoms with E-state index >= 15 is 0 Å². The first kappa shape index (κ1) is 11.5. The fourth-order valence-corrected chi connectivity index (χ4v) is 1.01. The molecule has 0 aliphatic carbocycles. The highest BCUT2D eigenvalue weighted by Crippen LogP contribution is 2.06. The Balaban J connectivity index is 3.45. The van der Waals surface area contributed by atoms with Crippen LogP contribution in [0.2, 0.25) is 0 Å². The lowest BCUT2D eigenvalue weighted by Gasteiger charge is -2.15. The molecule has 0 aliphatic rings. The highest BCUT2D eigenvalue weighted by molar-refractivity contribution is 5.52. The van der Waals surface area contributed by atoms with E-state index in [0.29, 0.717) is 19.4 Å². The van der Waals surface area contributed by atoms with Crippen LogP contribution in [0.4, 0.5) is 0 Å². The maximum atomic E-state index is 9.08. The summed E-state index contributed by atoms with van der Waals surface area (Å²) < 4.78 is 5.40. The van der Waals surface area contributed by atoms with Crippen LogP contribution in [-0.2, 0) is 4.74 Å². The van der Waals surface area contributed by atoms with Gasteiger partial charge in [-0.15, -0.1) is 0 Å². The molecule has 0 aliphatic heterocycles. The van der Waals surface area contributed by atoms with Gasteiger partial charge in [0.1, 0.15) is 0 Å². The molecule has 0 saturated carbocycles. The highest BCUT2D eigenvalue weighted by atomic mass is 16.5. The Bertz CT molecular complexity index is 115. The second-order valence-electron chi connectivity index (χ2n) is 2.91. The molecule has 2 N–H and O–H groups in total. The fraction of sp³-hybridized carbons (Fsp3) is 0.889. The van der Waals surface area contributed by atoms with E-state index in [1.807, 2.05) is 6.92 Å². The molecule has 0 saturated heterocycles. The Labute approximate surface area is 74.3 Å². The minimum Gasteiger partial charge on any atom is -0.393 e. The SMILES string of the molecule is CCC(CC(C)O)OCC[C+]=N. The normalized spacial score (nSPS) is 15.2.